The molecule has 0 spiro atoms. The number of benzene rings is 2. The molecule has 0 saturated carbocycles. The molecule has 5 nitrogen and oxygen atoms in total. The van der Waals surface area contributed by atoms with Crippen molar-refractivity contribution in [2.24, 2.45) is 0 Å². The molecule has 2 aromatic carbocycles. The summed E-state index contributed by atoms with van der Waals surface area (Å²) in [6, 6.07) is 12.5. The van der Waals surface area contributed by atoms with E-state index in [0.717, 1.165) is 16.0 Å². The minimum Gasteiger partial charge on any atom is -0.497 e. The van der Waals surface area contributed by atoms with Crippen molar-refractivity contribution in [3.63, 3.8) is 0 Å². The third-order valence-electron chi connectivity index (χ3n) is 3.30. The molecule has 0 saturated heterocycles. The zero-order valence-corrected chi connectivity index (χ0v) is 13.9. The van der Waals surface area contributed by atoms with Crippen LogP contribution in [0.3, 0.4) is 0 Å². The molecule has 1 aromatic heterocycles. The molecule has 3 rings (SSSR count). The highest BCUT2D eigenvalue weighted by atomic mass is 32.1. The van der Waals surface area contributed by atoms with Gasteiger partial charge in [0.15, 0.2) is 5.13 Å². The molecule has 0 fully saturated rings. The fraction of sp³-hybridized carbons (Fsp3) is 0.111. The number of fused-ring (bicyclic) bond motifs is 1. The highest BCUT2D eigenvalue weighted by molar-refractivity contribution is 7.22. The summed E-state index contributed by atoms with van der Waals surface area (Å²) in [4.78, 5) is 16.7. The Morgan fingerprint density at radius 1 is 1.25 bits per heavy atom. The summed E-state index contributed by atoms with van der Waals surface area (Å²) in [6.45, 7) is 4.03. The summed E-state index contributed by atoms with van der Waals surface area (Å²) in [5.74, 6) is 1.24. The van der Waals surface area contributed by atoms with E-state index in [9.17, 15) is 4.79 Å². The predicted molar refractivity (Wildman–Crippen MR) is 96.3 cm³/mol. The van der Waals surface area contributed by atoms with E-state index in [1.165, 1.54) is 11.3 Å². The van der Waals surface area contributed by atoms with Crippen molar-refractivity contribution in [1.29, 1.82) is 0 Å². The van der Waals surface area contributed by atoms with Crippen molar-refractivity contribution in [2.45, 2.75) is 0 Å². The summed E-state index contributed by atoms with van der Waals surface area (Å²) in [5.41, 5.74) is 1.36. The third-order valence-corrected chi connectivity index (χ3v) is 4.23. The maximum absolute atomic E-state index is 12.3. The zero-order chi connectivity index (χ0) is 16.9. The normalized spacial score (nSPS) is 10.4. The van der Waals surface area contributed by atoms with Gasteiger partial charge in [0.25, 0.3) is 5.91 Å². The third kappa shape index (κ3) is 3.55. The van der Waals surface area contributed by atoms with Gasteiger partial charge in [-0.25, -0.2) is 4.98 Å². The molecule has 0 unspecified atom stereocenters. The molecule has 0 aliphatic rings. The van der Waals surface area contributed by atoms with Crippen molar-refractivity contribution < 1.29 is 14.3 Å². The molecule has 122 valence electrons. The van der Waals surface area contributed by atoms with Crippen LogP contribution in [-0.2, 0) is 0 Å². The van der Waals surface area contributed by atoms with Gasteiger partial charge in [0.1, 0.15) is 18.1 Å². The highest BCUT2D eigenvalue weighted by Gasteiger charge is 2.10. The van der Waals surface area contributed by atoms with Crippen molar-refractivity contribution >= 4 is 32.6 Å². The molecule has 0 aliphatic heterocycles. The number of carbonyl (C=O) groups is 1. The molecule has 0 radical (unpaired) electrons. The topological polar surface area (TPSA) is 60.5 Å². The standard InChI is InChI=1S/C18H16N2O3S/c1-3-10-23-13-6-4-12(5-7-13)17(21)20-18-19-15-9-8-14(22-2)11-16(15)24-18/h3-9,11H,1,10H2,2H3,(H,19,20,21). The van der Waals surface area contributed by atoms with E-state index in [2.05, 4.69) is 16.9 Å². The molecule has 6 heteroatoms. The first kappa shape index (κ1) is 16.0. The Morgan fingerprint density at radius 2 is 2.00 bits per heavy atom. The Hall–Kier alpha value is -2.86. The number of nitrogens with zero attached hydrogens (tertiary/aromatic N) is 1. The first-order valence-electron chi connectivity index (χ1n) is 7.29. The fourth-order valence-corrected chi connectivity index (χ4v) is 3.00. The average molecular weight is 340 g/mol. The number of ether oxygens (including phenoxy) is 2. The molecule has 24 heavy (non-hydrogen) atoms. The molecule has 1 N–H and O–H groups in total. The lowest BCUT2D eigenvalue weighted by Crippen LogP contribution is -2.11. The van der Waals surface area contributed by atoms with E-state index in [4.69, 9.17) is 9.47 Å². The van der Waals surface area contributed by atoms with Gasteiger partial charge in [-0.1, -0.05) is 24.0 Å². The van der Waals surface area contributed by atoms with Gasteiger partial charge >= 0.3 is 0 Å². The largest absolute Gasteiger partial charge is 0.497 e. The lowest BCUT2D eigenvalue weighted by molar-refractivity contribution is 0.102. The number of hydrogen-bond donors (Lipinski definition) is 1. The SMILES string of the molecule is C=CCOc1ccc(C(=O)Nc2nc3ccc(OC)cc3s2)cc1. The summed E-state index contributed by atoms with van der Waals surface area (Å²) in [5, 5.41) is 3.37. The van der Waals surface area contributed by atoms with E-state index in [-0.39, 0.29) is 5.91 Å². The van der Waals surface area contributed by atoms with Gasteiger partial charge in [0.05, 0.1) is 17.3 Å². The zero-order valence-electron chi connectivity index (χ0n) is 13.1. The molecule has 0 bridgehead atoms. The van der Waals surface area contributed by atoms with Crippen molar-refractivity contribution in [1.82, 2.24) is 4.98 Å². The number of hydrogen-bond acceptors (Lipinski definition) is 5. The van der Waals surface area contributed by atoms with Crippen LogP contribution < -0.4 is 14.8 Å². The molecule has 1 amide bonds. The highest BCUT2D eigenvalue weighted by Crippen LogP contribution is 2.29. The van der Waals surface area contributed by atoms with Gasteiger partial charge in [-0.2, -0.15) is 0 Å². The Bertz CT molecular complexity index is 872. The van der Waals surface area contributed by atoms with Crippen LogP contribution in [0, 0.1) is 0 Å². The van der Waals surface area contributed by atoms with Crippen molar-refractivity contribution in [3.05, 3.63) is 60.7 Å². The quantitative estimate of drug-likeness (QED) is 0.686. The minimum absolute atomic E-state index is 0.212. The maximum atomic E-state index is 12.3. The first-order chi connectivity index (χ1) is 11.7. The van der Waals surface area contributed by atoms with Gasteiger partial charge in [0, 0.05) is 5.56 Å². The Morgan fingerprint density at radius 3 is 2.71 bits per heavy atom. The predicted octanol–water partition coefficient (Wildman–Crippen LogP) is 4.12. The lowest BCUT2D eigenvalue weighted by atomic mass is 10.2. The Balaban J connectivity index is 1.73. The molecular weight excluding hydrogens is 324 g/mol. The van der Waals surface area contributed by atoms with Gasteiger partial charge in [-0.05, 0) is 42.5 Å². The van der Waals surface area contributed by atoms with Gasteiger partial charge in [-0.15, -0.1) is 0 Å². The van der Waals surface area contributed by atoms with Crippen LogP contribution in [0.15, 0.2) is 55.1 Å². The van der Waals surface area contributed by atoms with Crippen LogP contribution in [-0.4, -0.2) is 24.6 Å². The number of carbonyl (C=O) groups excluding carboxylic acids is 1. The van der Waals surface area contributed by atoms with E-state index >= 15 is 0 Å². The molecular formula is C18H16N2O3S. The van der Waals surface area contributed by atoms with Crippen LogP contribution in [0.25, 0.3) is 10.2 Å². The summed E-state index contributed by atoms with van der Waals surface area (Å²) < 4.78 is 11.5. The second-order valence-corrected chi connectivity index (χ2v) is 5.96. The molecule has 1 heterocycles. The molecule has 3 aromatic rings. The monoisotopic (exact) mass is 340 g/mol. The van der Waals surface area contributed by atoms with Crippen LogP contribution in [0.2, 0.25) is 0 Å². The molecule has 0 aliphatic carbocycles. The number of anilines is 1. The summed E-state index contributed by atoms with van der Waals surface area (Å²) in [7, 11) is 1.62. The van der Waals surface area contributed by atoms with Crippen LogP contribution in [0.1, 0.15) is 10.4 Å². The lowest BCUT2D eigenvalue weighted by Gasteiger charge is -2.05. The fourth-order valence-electron chi connectivity index (χ4n) is 2.11. The Kier molecular flexibility index (Phi) is 4.77. The number of rotatable bonds is 6. The van der Waals surface area contributed by atoms with Crippen LogP contribution >= 0.6 is 11.3 Å². The maximum Gasteiger partial charge on any atom is 0.257 e. The van der Waals surface area contributed by atoms with E-state index < -0.39 is 0 Å². The minimum atomic E-state index is -0.212. The van der Waals surface area contributed by atoms with Crippen LogP contribution in [0.4, 0.5) is 5.13 Å². The van der Waals surface area contributed by atoms with Crippen molar-refractivity contribution in [2.75, 3.05) is 19.0 Å². The van der Waals surface area contributed by atoms with Gasteiger partial charge < -0.3 is 9.47 Å². The number of nitrogens with one attached hydrogen (secondary N) is 1. The summed E-state index contributed by atoms with van der Waals surface area (Å²) in [6.07, 6.45) is 1.67. The first-order valence-corrected chi connectivity index (χ1v) is 8.11. The second-order valence-electron chi connectivity index (χ2n) is 4.93. The van der Waals surface area contributed by atoms with Gasteiger partial charge in [0.2, 0.25) is 0 Å². The van der Waals surface area contributed by atoms with E-state index in [1.807, 2.05) is 18.2 Å². The second kappa shape index (κ2) is 7.14. The number of thiazole rings is 1. The molecule has 0 atom stereocenters. The van der Waals surface area contributed by atoms with E-state index in [1.54, 1.807) is 37.5 Å². The smallest absolute Gasteiger partial charge is 0.257 e. The number of aromatic nitrogens is 1. The van der Waals surface area contributed by atoms with Gasteiger partial charge in [-0.3, -0.25) is 10.1 Å². The average Bonchev–Trinajstić information content (AvgIpc) is 3.01. The van der Waals surface area contributed by atoms with Crippen LogP contribution in [0.5, 0.6) is 11.5 Å². The number of methoxy groups -OCH3 is 1. The summed E-state index contributed by atoms with van der Waals surface area (Å²) >= 11 is 1.41. The number of amides is 1. The van der Waals surface area contributed by atoms with E-state index in [0.29, 0.717) is 23.1 Å². The van der Waals surface area contributed by atoms with Crippen molar-refractivity contribution in [3.8, 4) is 11.5 Å². The Labute approximate surface area is 143 Å².